The number of hydrogen-bond acceptors (Lipinski definition) is 8. The lowest BCUT2D eigenvalue weighted by Gasteiger charge is -2.20. The lowest BCUT2D eigenvalue weighted by molar-refractivity contribution is -0.154. The van der Waals surface area contributed by atoms with E-state index >= 15 is 0 Å². The molecule has 3 unspecified atom stereocenters. The monoisotopic (exact) mass is 756 g/mol. The molecule has 0 amide bonds. The Bertz CT molecular complexity index is 1010. The van der Waals surface area contributed by atoms with Gasteiger partial charge in [-0.2, -0.15) is 0 Å². The van der Waals surface area contributed by atoms with Gasteiger partial charge in [-0.15, -0.1) is 0 Å². The fourth-order valence-electron chi connectivity index (χ4n) is 5.20. The Morgan fingerprint density at radius 1 is 0.635 bits per heavy atom. The lowest BCUT2D eigenvalue weighted by Crippen LogP contribution is -2.34. The Balaban J connectivity index is 4.32. The molecule has 52 heavy (non-hydrogen) atoms. The van der Waals surface area contributed by atoms with Crippen molar-refractivity contribution in [1.29, 1.82) is 0 Å². The number of ether oxygens (including phenoxy) is 2. The van der Waals surface area contributed by atoms with E-state index in [-0.39, 0.29) is 13.0 Å². The number of phosphoric acid groups is 1. The van der Waals surface area contributed by atoms with E-state index in [1.807, 2.05) is 0 Å². The van der Waals surface area contributed by atoms with Crippen molar-refractivity contribution in [3.8, 4) is 0 Å². The first kappa shape index (κ1) is 49.9. The summed E-state index contributed by atoms with van der Waals surface area (Å²) in [5.41, 5.74) is 5.34. The fourth-order valence-corrected chi connectivity index (χ4v) is 5.98. The van der Waals surface area contributed by atoms with Crippen molar-refractivity contribution in [2.24, 2.45) is 5.73 Å². The highest BCUT2D eigenvalue weighted by molar-refractivity contribution is 7.47. The maximum Gasteiger partial charge on any atom is 0.472 e. The molecule has 0 spiro atoms. The van der Waals surface area contributed by atoms with Crippen LogP contribution >= 0.6 is 7.82 Å². The van der Waals surface area contributed by atoms with Crippen molar-refractivity contribution in [2.75, 3.05) is 26.4 Å². The standard InChI is InChI=1S/C41H74NO9P/c1-3-5-7-9-11-13-15-17-19-21-23-25-27-29-31-33-40(43)51-38(36-49-52(46,47)50-37-39(42)41(44)45)35-48-34-32-30-28-26-24-22-20-18-16-14-12-10-8-6-4-2/h5,7,11,13,16-19,38-39H,3-4,6,8-10,12,14-15,20-37,42H2,1-2H3,(H,44,45)(H,46,47)/b7-5-,13-11-,18-16-,19-17-. The molecule has 11 heteroatoms. The number of rotatable bonds is 38. The van der Waals surface area contributed by atoms with Crippen LogP contribution in [0.4, 0.5) is 0 Å². The molecule has 0 aromatic carbocycles. The number of esters is 1. The van der Waals surface area contributed by atoms with Gasteiger partial charge in [-0.3, -0.25) is 18.6 Å². The number of allylic oxidation sites excluding steroid dienone is 8. The van der Waals surface area contributed by atoms with Gasteiger partial charge in [0.25, 0.3) is 0 Å². The summed E-state index contributed by atoms with van der Waals surface area (Å²) in [7, 11) is -4.62. The first-order valence-electron chi connectivity index (χ1n) is 20.2. The number of nitrogens with two attached hydrogens (primary N) is 1. The van der Waals surface area contributed by atoms with Crippen LogP contribution < -0.4 is 5.73 Å². The minimum Gasteiger partial charge on any atom is -0.480 e. The molecule has 0 aliphatic rings. The van der Waals surface area contributed by atoms with E-state index in [2.05, 4.69) is 62.5 Å². The SMILES string of the molecule is CC/C=C\C/C=C\C/C=C\CCCCCCCC(=O)OC(COCCCCCCCC/C=C\CCCCCCC)COP(=O)(O)OCC(N)C(=O)O. The van der Waals surface area contributed by atoms with Crippen LogP contribution in [-0.2, 0) is 32.7 Å². The third-order valence-corrected chi connectivity index (χ3v) is 9.29. The summed E-state index contributed by atoms with van der Waals surface area (Å²) >= 11 is 0. The van der Waals surface area contributed by atoms with E-state index in [0.717, 1.165) is 77.0 Å². The molecule has 0 bridgehead atoms. The van der Waals surface area contributed by atoms with E-state index in [0.29, 0.717) is 13.0 Å². The number of carboxylic acid groups (broad SMARTS) is 1. The normalized spacial score (nSPS) is 14.5. The Kier molecular flexibility index (Phi) is 35.8. The van der Waals surface area contributed by atoms with Crippen LogP contribution in [-0.4, -0.2) is 60.5 Å². The average molecular weight is 756 g/mol. The van der Waals surface area contributed by atoms with E-state index < -0.39 is 45.1 Å². The highest BCUT2D eigenvalue weighted by Crippen LogP contribution is 2.43. The molecule has 0 rings (SSSR count). The summed E-state index contributed by atoms with van der Waals surface area (Å²) in [6, 6.07) is -1.48. The molecule has 0 aromatic rings. The topological polar surface area (TPSA) is 155 Å². The second kappa shape index (κ2) is 37.3. The van der Waals surface area contributed by atoms with Crippen LogP contribution in [0, 0.1) is 0 Å². The minimum absolute atomic E-state index is 0.00450. The Morgan fingerprint density at radius 3 is 1.69 bits per heavy atom. The zero-order valence-corrected chi connectivity index (χ0v) is 33.5. The van der Waals surface area contributed by atoms with Gasteiger partial charge >= 0.3 is 19.8 Å². The van der Waals surface area contributed by atoms with Crippen molar-refractivity contribution in [3.63, 3.8) is 0 Å². The summed E-state index contributed by atoms with van der Waals surface area (Å²) in [6.07, 6.45) is 41.6. The summed E-state index contributed by atoms with van der Waals surface area (Å²) in [4.78, 5) is 33.4. The van der Waals surface area contributed by atoms with Gasteiger partial charge in [0.2, 0.25) is 0 Å². The van der Waals surface area contributed by atoms with Crippen molar-refractivity contribution >= 4 is 19.8 Å². The average Bonchev–Trinajstić information content (AvgIpc) is 3.12. The van der Waals surface area contributed by atoms with Crippen molar-refractivity contribution < 1.29 is 42.7 Å². The van der Waals surface area contributed by atoms with Gasteiger partial charge in [0.05, 0.1) is 19.8 Å². The summed E-state index contributed by atoms with van der Waals surface area (Å²) < 4.78 is 33.2. The van der Waals surface area contributed by atoms with Gasteiger partial charge < -0.3 is 25.2 Å². The molecule has 0 saturated carbocycles. The number of aliphatic carboxylic acids is 1. The lowest BCUT2D eigenvalue weighted by atomic mass is 10.1. The molecule has 0 aromatic heterocycles. The maximum absolute atomic E-state index is 12.6. The first-order chi connectivity index (χ1) is 25.2. The minimum atomic E-state index is -4.62. The van der Waals surface area contributed by atoms with Crippen LogP contribution in [0.5, 0.6) is 0 Å². The summed E-state index contributed by atoms with van der Waals surface area (Å²) in [5, 5.41) is 8.88. The predicted octanol–water partition coefficient (Wildman–Crippen LogP) is 10.7. The number of carbonyl (C=O) groups excluding carboxylic acids is 1. The van der Waals surface area contributed by atoms with Crippen molar-refractivity contribution in [1.82, 2.24) is 0 Å². The molecule has 10 nitrogen and oxygen atoms in total. The largest absolute Gasteiger partial charge is 0.480 e. The molecule has 0 aliphatic heterocycles. The van der Waals surface area contributed by atoms with E-state index in [9.17, 15) is 19.0 Å². The number of phosphoric ester groups is 1. The van der Waals surface area contributed by atoms with Gasteiger partial charge in [0, 0.05) is 13.0 Å². The summed E-state index contributed by atoms with van der Waals surface area (Å²) in [6.45, 7) is 3.71. The van der Waals surface area contributed by atoms with Crippen LogP contribution in [0.2, 0.25) is 0 Å². The van der Waals surface area contributed by atoms with Gasteiger partial charge in [-0.05, 0) is 70.6 Å². The number of carbonyl (C=O) groups is 2. The van der Waals surface area contributed by atoms with Gasteiger partial charge in [0.1, 0.15) is 12.1 Å². The third kappa shape index (κ3) is 36.3. The fraction of sp³-hybridized carbons (Fsp3) is 0.756. The number of unbranched alkanes of at least 4 members (excludes halogenated alkanes) is 16. The van der Waals surface area contributed by atoms with Gasteiger partial charge in [0.15, 0.2) is 0 Å². The van der Waals surface area contributed by atoms with Crippen LogP contribution in [0.25, 0.3) is 0 Å². The molecular formula is C41H74NO9P. The zero-order valence-electron chi connectivity index (χ0n) is 32.6. The van der Waals surface area contributed by atoms with Crippen molar-refractivity contribution in [2.45, 2.75) is 174 Å². The second-order valence-electron chi connectivity index (χ2n) is 13.4. The van der Waals surface area contributed by atoms with Crippen LogP contribution in [0.1, 0.15) is 162 Å². The quantitative estimate of drug-likeness (QED) is 0.0240. The molecule has 0 fully saturated rings. The highest BCUT2D eigenvalue weighted by Gasteiger charge is 2.27. The molecule has 3 atom stereocenters. The second-order valence-corrected chi connectivity index (χ2v) is 14.8. The molecule has 0 radical (unpaired) electrons. The molecule has 302 valence electrons. The molecule has 0 saturated heterocycles. The highest BCUT2D eigenvalue weighted by atomic mass is 31.2. The van der Waals surface area contributed by atoms with Crippen LogP contribution in [0.15, 0.2) is 48.6 Å². The van der Waals surface area contributed by atoms with Gasteiger partial charge in [-0.25, -0.2) is 4.57 Å². The Morgan fingerprint density at radius 2 is 1.12 bits per heavy atom. The smallest absolute Gasteiger partial charge is 0.472 e. The summed E-state index contributed by atoms with van der Waals surface area (Å²) in [5.74, 6) is -1.80. The van der Waals surface area contributed by atoms with E-state index in [4.69, 9.17) is 29.4 Å². The van der Waals surface area contributed by atoms with Crippen LogP contribution in [0.3, 0.4) is 0 Å². The Labute approximate surface area is 316 Å². The molecule has 0 aliphatic carbocycles. The third-order valence-electron chi connectivity index (χ3n) is 8.34. The number of hydrogen-bond donors (Lipinski definition) is 3. The molecular weight excluding hydrogens is 681 g/mol. The van der Waals surface area contributed by atoms with E-state index in [1.54, 1.807) is 0 Å². The zero-order chi connectivity index (χ0) is 38.4. The van der Waals surface area contributed by atoms with Gasteiger partial charge in [-0.1, -0.05) is 133 Å². The number of carboxylic acids is 1. The molecule has 4 N–H and O–H groups in total. The predicted molar refractivity (Wildman–Crippen MR) is 212 cm³/mol. The first-order valence-corrected chi connectivity index (χ1v) is 21.7. The van der Waals surface area contributed by atoms with E-state index in [1.165, 1.54) is 57.8 Å². The maximum atomic E-state index is 12.6. The molecule has 0 heterocycles. The Hall–Kier alpha value is -2.07. The van der Waals surface area contributed by atoms with Crippen molar-refractivity contribution in [3.05, 3.63) is 48.6 Å².